The third-order valence-electron chi connectivity index (χ3n) is 6.56. The lowest BCUT2D eigenvalue weighted by molar-refractivity contribution is -0.0500. The van der Waals surface area contributed by atoms with Crippen LogP contribution < -0.4 is 4.18 Å². The van der Waals surface area contributed by atoms with Crippen molar-refractivity contribution in [2.45, 2.75) is 5.51 Å². The number of halogens is 3. The average molecular weight is 529 g/mol. The zero-order chi connectivity index (χ0) is 26.5. The van der Waals surface area contributed by atoms with Crippen molar-refractivity contribution in [3.63, 3.8) is 0 Å². The van der Waals surface area contributed by atoms with Crippen molar-refractivity contribution in [3.05, 3.63) is 115 Å². The van der Waals surface area contributed by atoms with Crippen molar-refractivity contribution in [3.8, 4) is 28.0 Å². The summed E-state index contributed by atoms with van der Waals surface area (Å²) in [4.78, 5) is 0. The average Bonchev–Trinajstić information content (AvgIpc) is 2.91. The lowest BCUT2D eigenvalue weighted by atomic mass is 9.96. The van der Waals surface area contributed by atoms with Gasteiger partial charge in [0, 0.05) is 0 Å². The fourth-order valence-corrected chi connectivity index (χ4v) is 5.05. The highest BCUT2D eigenvalue weighted by molar-refractivity contribution is 7.88. The lowest BCUT2D eigenvalue weighted by Crippen LogP contribution is -2.28. The molecule has 0 heterocycles. The van der Waals surface area contributed by atoms with Gasteiger partial charge >= 0.3 is 15.6 Å². The molecule has 0 N–H and O–H groups in total. The van der Waals surface area contributed by atoms with Crippen LogP contribution in [0.25, 0.3) is 54.6 Å². The van der Waals surface area contributed by atoms with E-state index in [1.54, 1.807) is 6.07 Å². The second kappa shape index (κ2) is 8.89. The van der Waals surface area contributed by atoms with Crippen molar-refractivity contribution in [1.29, 1.82) is 0 Å². The van der Waals surface area contributed by atoms with Crippen LogP contribution in [0.2, 0.25) is 0 Å². The van der Waals surface area contributed by atoms with Crippen LogP contribution in [0.3, 0.4) is 0 Å². The van der Waals surface area contributed by atoms with Gasteiger partial charge in [-0.15, -0.1) is 0 Å². The molecule has 188 valence electrons. The molecule has 0 atom stereocenters. The molecule has 0 aromatic heterocycles. The topological polar surface area (TPSA) is 43.4 Å². The fraction of sp³-hybridized carbons (Fsp3) is 0.0323. The van der Waals surface area contributed by atoms with Crippen molar-refractivity contribution < 1.29 is 25.8 Å². The Morgan fingerprint density at radius 2 is 0.842 bits per heavy atom. The Bertz CT molecular complexity index is 1960. The molecule has 0 aliphatic carbocycles. The van der Waals surface area contributed by atoms with Gasteiger partial charge in [0.2, 0.25) is 0 Å². The van der Waals surface area contributed by atoms with Crippen LogP contribution in [0, 0.1) is 0 Å². The summed E-state index contributed by atoms with van der Waals surface area (Å²) in [5, 5.41) is 5.88. The molecule has 0 saturated heterocycles. The van der Waals surface area contributed by atoms with E-state index in [0.717, 1.165) is 38.4 Å². The van der Waals surface area contributed by atoms with E-state index in [9.17, 15) is 21.6 Å². The maximum absolute atomic E-state index is 12.6. The van der Waals surface area contributed by atoms with Crippen LogP contribution in [0.4, 0.5) is 13.2 Å². The molecule has 0 spiro atoms. The van der Waals surface area contributed by atoms with E-state index >= 15 is 0 Å². The fourth-order valence-electron chi connectivity index (χ4n) is 4.60. The number of rotatable bonds is 4. The van der Waals surface area contributed by atoms with Gasteiger partial charge in [0.25, 0.3) is 0 Å². The highest BCUT2D eigenvalue weighted by atomic mass is 32.2. The van der Waals surface area contributed by atoms with Gasteiger partial charge in [0.05, 0.1) is 0 Å². The van der Waals surface area contributed by atoms with Gasteiger partial charge in [-0.2, -0.15) is 21.6 Å². The largest absolute Gasteiger partial charge is 0.534 e. The van der Waals surface area contributed by atoms with Crippen LogP contribution in [0.15, 0.2) is 115 Å². The monoisotopic (exact) mass is 528 g/mol. The first-order valence-corrected chi connectivity index (χ1v) is 13.2. The maximum atomic E-state index is 12.6. The minimum absolute atomic E-state index is 0.393. The van der Waals surface area contributed by atoms with E-state index in [0.29, 0.717) is 5.39 Å². The molecule has 0 unspecified atom stereocenters. The first-order valence-electron chi connectivity index (χ1n) is 11.7. The number of fused-ring (bicyclic) bond motifs is 3. The second-order valence-corrected chi connectivity index (χ2v) is 10.6. The molecule has 38 heavy (non-hydrogen) atoms. The first-order chi connectivity index (χ1) is 18.2. The standard InChI is InChI=1S/C31H19F3O3S/c32-31(33,34)38(35,36)37-30-14-13-28-18-27(11-12-29(28)19-30)26-10-9-24-16-23(7-8-25(24)17-26)22-6-5-20-3-1-2-4-21(20)15-22/h1-19H. The molecule has 0 amide bonds. The van der Waals surface area contributed by atoms with Crippen LogP contribution in [0.5, 0.6) is 5.75 Å². The maximum Gasteiger partial charge on any atom is 0.534 e. The summed E-state index contributed by atoms with van der Waals surface area (Å²) >= 11 is 0. The van der Waals surface area contributed by atoms with Crippen LogP contribution >= 0.6 is 0 Å². The van der Waals surface area contributed by atoms with Crippen molar-refractivity contribution in [2.24, 2.45) is 0 Å². The summed E-state index contributed by atoms with van der Waals surface area (Å²) < 4.78 is 64.8. The van der Waals surface area contributed by atoms with E-state index in [4.69, 9.17) is 0 Å². The zero-order valence-corrected chi connectivity index (χ0v) is 20.6. The summed E-state index contributed by atoms with van der Waals surface area (Å²) in [7, 11) is -5.72. The number of alkyl halides is 3. The van der Waals surface area contributed by atoms with E-state index in [1.807, 2.05) is 30.3 Å². The molecular weight excluding hydrogens is 509 g/mol. The van der Waals surface area contributed by atoms with Gasteiger partial charge in [0.1, 0.15) is 5.75 Å². The number of benzene rings is 6. The smallest absolute Gasteiger partial charge is 0.376 e. The van der Waals surface area contributed by atoms with E-state index < -0.39 is 21.4 Å². The summed E-state index contributed by atoms with van der Waals surface area (Å²) in [5.74, 6) is -0.393. The summed E-state index contributed by atoms with van der Waals surface area (Å²) in [6.45, 7) is 0. The third kappa shape index (κ3) is 4.46. The predicted molar refractivity (Wildman–Crippen MR) is 145 cm³/mol. The number of hydrogen-bond acceptors (Lipinski definition) is 3. The predicted octanol–water partition coefficient (Wildman–Crippen LogP) is 8.71. The van der Waals surface area contributed by atoms with E-state index in [-0.39, 0.29) is 0 Å². The summed E-state index contributed by atoms with van der Waals surface area (Å²) in [6, 6.07) is 36.8. The van der Waals surface area contributed by atoms with Crippen molar-refractivity contribution in [2.75, 3.05) is 0 Å². The van der Waals surface area contributed by atoms with Gasteiger partial charge in [0.15, 0.2) is 0 Å². The van der Waals surface area contributed by atoms with Crippen LogP contribution in [-0.2, 0) is 10.1 Å². The third-order valence-corrected chi connectivity index (χ3v) is 7.54. The molecule has 6 rings (SSSR count). The van der Waals surface area contributed by atoms with E-state index in [2.05, 4.69) is 64.8 Å². The quantitative estimate of drug-likeness (QED) is 0.170. The van der Waals surface area contributed by atoms with Gasteiger partial charge in [-0.25, -0.2) is 0 Å². The molecule has 0 saturated carbocycles. The first kappa shape index (κ1) is 24.0. The minimum Gasteiger partial charge on any atom is -0.376 e. The zero-order valence-electron chi connectivity index (χ0n) is 19.7. The second-order valence-electron chi connectivity index (χ2n) is 9.05. The molecule has 0 aliphatic heterocycles. The Balaban J connectivity index is 1.30. The summed E-state index contributed by atoms with van der Waals surface area (Å²) in [6.07, 6.45) is 0. The van der Waals surface area contributed by atoms with E-state index in [1.165, 1.54) is 29.0 Å². The van der Waals surface area contributed by atoms with Crippen molar-refractivity contribution in [1.82, 2.24) is 0 Å². The Morgan fingerprint density at radius 1 is 0.474 bits per heavy atom. The minimum atomic E-state index is -5.72. The van der Waals surface area contributed by atoms with Crippen molar-refractivity contribution >= 4 is 42.4 Å². The van der Waals surface area contributed by atoms with Gasteiger partial charge in [-0.05, 0) is 91.0 Å². The molecular formula is C31H19F3O3S. The molecule has 6 aromatic carbocycles. The lowest BCUT2D eigenvalue weighted by Gasteiger charge is -2.11. The van der Waals surface area contributed by atoms with Gasteiger partial charge in [-0.3, -0.25) is 0 Å². The number of hydrogen-bond donors (Lipinski definition) is 0. The highest BCUT2D eigenvalue weighted by Crippen LogP contribution is 2.33. The molecule has 0 bridgehead atoms. The molecule has 0 fully saturated rings. The Hall–Kier alpha value is -4.36. The SMILES string of the molecule is O=S(=O)(Oc1ccc2cc(-c3ccc4cc(-c5ccc6ccccc6c5)ccc4c3)ccc2c1)C(F)(F)F. The Kier molecular flexibility index (Phi) is 5.61. The Labute approximate surface area is 216 Å². The highest BCUT2D eigenvalue weighted by Gasteiger charge is 2.48. The molecule has 6 aromatic rings. The molecule has 3 nitrogen and oxygen atoms in total. The summed E-state index contributed by atoms with van der Waals surface area (Å²) in [5.41, 5.74) is -1.30. The molecule has 0 radical (unpaired) electrons. The van der Waals surface area contributed by atoms with Crippen LogP contribution in [0.1, 0.15) is 0 Å². The van der Waals surface area contributed by atoms with Gasteiger partial charge in [-0.1, -0.05) is 78.9 Å². The van der Waals surface area contributed by atoms with Gasteiger partial charge < -0.3 is 4.18 Å². The molecule has 7 heteroatoms. The molecule has 0 aliphatic rings. The normalized spacial score (nSPS) is 12.3. The van der Waals surface area contributed by atoms with Crippen LogP contribution in [-0.4, -0.2) is 13.9 Å². The Morgan fingerprint density at radius 3 is 1.32 bits per heavy atom.